The Hall–Kier alpha value is -2.67. The molecule has 0 atom stereocenters. The number of nitrogens with one attached hydrogen (secondary N) is 3. The Kier molecular flexibility index (Phi) is 9.95. The Morgan fingerprint density at radius 1 is 1.18 bits per heavy atom. The summed E-state index contributed by atoms with van der Waals surface area (Å²) in [4.78, 5) is 16.2. The number of hydrogen-bond acceptors (Lipinski definition) is 2. The van der Waals surface area contributed by atoms with Gasteiger partial charge in [-0.15, -0.1) is 30.4 Å². The standard InChI is InChI=1S/C20H20F2N4O.HI/c1-3-14-6-5-7-17(10-14)26-19(27)13-25-20(23-4-2)24-12-15-11-16(21)8-9-18(15)22;/h1,5-11H,4,12-13H2,2H3,(H,26,27)(H2,23,24,25);1H. The lowest BCUT2D eigenvalue weighted by molar-refractivity contribution is -0.115. The molecule has 28 heavy (non-hydrogen) atoms. The number of hydrogen-bond donors (Lipinski definition) is 3. The number of carbonyl (C=O) groups is 1. The minimum Gasteiger partial charge on any atom is -0.357 e. The number of guanidine groups is 1. The van der Waals surface area contributed by atoms with Crippen molar-refractivity contribution in [3.05, 3.63) is 65.2 Å². The lowest BCUT2D eigenvalue weighted by atomic mass is 10.2. The third-order valence-corrected chi connectivity index (χ3v) is 3.49. The highest BCUT2D eigenvalue weighted by Crippen LogP contribution is 2.11. The third-order valence-electron chi connectivity index (χ3n) is 3.49. The summed E-state index contributed by atoms with van der Waals surface area (Å²) >= 11 is 0. The molecule has 0 spiro atoms. The van der Waals surface area contributed by atoms with Crippen molar-refractivity contribution < 1.29 is 13.6 Å². The molecule has 0 radical (unpaired) electrons. The molecule has 0 aliphatic heterocycles. The average Bonchev–Trinajstić information content (AvgIpc) is 2.66. The number of halogens is 3. The number of aliphatic imine (C=N–C) groups is 1. The van der Waals surface area contributed by atoms with Crippen molar-refractivity contribution >= 4 is 41.5 Å². The molecule has 0 saturated carbocycles. The second-order valence-electron chi connectivity index (χ2n) is 5.56. The molecule has 0 bridgehead atoms. The van der Waals surface area contributed by atoms with E-state index in [1.165, 1.54) is 0 Å². The molecule has 0 fully saturated rings. The number of amides is 1. The molecule has 0 unspecified atom stereocenters. The van der Waals surface area contributed by atoms with Crippen LogP contribution in [0.5, 0.6) is 0 Å². The number of rotatable bonds is 6. The van der Waals surface area contributed by atoms with E-state index in [-0.39, 0.29) is 48.5 Å². The van der Waals surface area contributed by atoms with E-state index in [9.17, 15) is 13.6 Å². The Labute approximate surface area is 180 Å². The van der Waals surface area contributed by atoms with Gasteiger partial charge in [-0.1, -0.05) is 12.0 Å². The number of terminal acetylenes is 1. The Morgan fingerprint density at radius 3 is 2.68 bits per heavy atom. The van der Waals surface area contributed by atoms with Gasteiger partial charge >= 0.3 is 0 Å². The second-order valence-corrected chi connectivity index (χ2v) is 5.56. The van der Waals surface area contributed by atoms with Gasteiger partial charge in [0.25, 0.3) is 0 Å². The summed E-state index contributed by atoms with van der Waals surface area (Å²) in [5.74, 6) is 1.44. The first-order valence-electron chi connectivity index (χ1n) is 8.34. The fraction of sp³-hybridized carbons (Fsp3) is 0.200. The fourth-order valence-corrected chi connectivity index (χ4v) is 2.23. The Balaban J connectivity index is 0.00000392. The molecule has 2 aromatic rings. The van der Waals surface area contributed by atoms with Crippen LogP contribution < -0.4 is 16.0 Å². The lowest BCUT2D eigenvalue weighted by Gasteiger charge is -2.12. The molecule has 0 saturated heterocycles. The molecule has 2 aromatic carbocycles. The van der Waals surface area contributed by atoms with Crippen LogP contribution in [0.1, 0.15) is 18.1 Å². The van der Waals surface area contributed by atoms with E-state index in [0.717, 1.165) is 18.2 Å². The maximum Gasteiger partial charge on any atom is 0.243 e. The van der Waals surface area contributed by atoms with E-state index < -0.39 is 11.6 Å². The average molecular weight is 498 g/mol. The van der Waals surface area contributed by atoms with Gasteiger partial charge in [-0.2, -0.15) is 0 Å². The Bertz CT molecular complexity index is 881. The molecule has 5 nitrogen and oxygen atoms in total. The smallest absolute Gasteiger partial charge is 0.243 e. The van der Waals surface area contributed by atoms with Gasteiger partial charge in [0.05, 0.1) is 13.1 Å². The van der Waals surface area contributed by atoms with Gasteiger partial charge in [-0.25, -0.2) is 13.8 Å². The van der Waals surface area contributed by atoms with Crippen molar-refractivity contribution in [2.45, 2.75) is 13.5 Å². The molecule has 0 aliphatic rings. The topological polar surface area (TPSA) is 65.5 Å². The van der Waals surface area contributed by atoms with E-state index in [1.54, 1.807) is 24.3 Å². The molecule has 2 rings (SSSR count). The molecular formula is C20H21F2IN4O. The first kappa shape index (κ1) is 23.4. The third kappa shape index (κ3) is 7.52. The molecule has 3 N–H and O–H groups in total. The molecule has 0 aromatic heterocycles. The maximum absolute atomic E-state index is 13.7. The number of carbonyl (C=O) groups excluding carboxylic acids is 1. The monoisotopic (exact) mass is 498 g/mol. The van der Waals surface area contributed by atoms with Crippen LogP contribution in [0.15, 0.2) is 47.5 Å². The van der Waals surface area contributed by atoms with Crippen molar-refractivity contribution in [1.82, 2.24) is 10.6 Å². The minimum atomic E-state index is -0.540. The van der Waals surface area contributed by atoms with E-state index in [0.29, 0.717) is 23.8 Å². The number of anilines is 1. The summed E-state index contributed by atoms with van der Waals surface area (Å²) in [5, 5.41) is 8.50. The zero-order valence-electron chi connectivity index (χ0n) is 15.3. The second kappa shape index (κ2) is 11.9. The normalized spacial score (nSPS) is 10.4. The van der Waals surface area contributed by atoms with E-state index in [4.69, 9.17) is 6.42 Å². The van der Waals surface area contributed by atoms with Crippen molar-refractivity contribution in [2.24, 2.45) is 4.99 Å². The summed E-state index contributed by atoms with van der Waals surface area (Å²) in [5.41, 5.74) is 1.37. The van der Waals surface area contributed by atoms with Gasteiger partial charge in [0.1, 0.15) is 11.6 Å². The minimum absolute atomic E-state index is 0. The van der Waals surface area contributed by atoms with Gasteiger partial charge < -0.3 is 16.0 Å². The van der Waals surface area contributed by atoms with Gasteiger partial charge in [-0.3, -0.25) is 4.79 Å². The van der Waals surface area contributed by atoms with Crippen molar-refractivity contribution in [3.8, 4) is 12.3 Å². The van der Waals surface area contributed by atoms with Gasteiger partial charge in [0.15, 0.2) is 5.96 Å². The fourth-order valence-electron chi connectivity index (χ4n) is 2.23. The lowest BCUT2D eigenvalue weighted by Crippen LogP contribution is -2.41. The molecule has 8 heteroatoms. The SMILES string of the molecule is C#Cc1cccc(NC(=O)CNC(=NCc2cc(F)ccc2F)NCC)c1.I. The van der Waals surface area contributed by atoms with Crippen LogP contribution in [-0.2, 0) is 11.3 Å². The highest BCUT2D eigenvalue weighted by molar-refractivity contribution is 14.0. The zero-order chi connectivity index (χ0) is 19.6. The summed E-state index contributed by atoms with van der Waals surface area (Å²) in [7, 11) is 0. The highest BCUT2D eigenvalue weighted by Gasteiger charge is 2.07. The quantitative estimate of drug-likeness (QED) is 0.248. The molecule has 0 aliphatic carbocycles. The zero-order valence-corrected chi connectivity index (χ0v) is 17.6. The van der Waals surface area contributed by atoms with Crippen LogP contribution in [0.2, 0.25) is 0 Å². The summed E-state index contributed by atoms with van der Waals surface area (Å²) in [6, 6.07) is 10.1. The summed E-state index contributed by atoms with van der Waals surface area (Å²) in [6.07, 6.45) is 5.33. The van der Waals surface area contributed by atoms with E-state index >= 15 is 0 Å². The van der Waals surface area contributed by atoms with E-state index in [1.807, 2.05) is 6.92 Å². The van der Waals surface area contributed by atoms with Crippen LogP contribution in [0.3, 0.4) is 0 Å². The van der Waals surface area contributed by atoms with Gasteiger partial charge in [-0.05, 0) is 43.3 Å². The van der Waals surface area contributed by atoms with Crippen LogP contribution in [-0.4, -0.2) is 25.0 Å². The highest BCUT2D eigenvalue weighted by atomic mass is 127. The first-order chi connectivity index (χ1) is 13.0. The van der Waals surface area contributed by atoms with Crippen molar-refractivity contribution in [1.29, 1.82) is 0 Å². The summed E-state index contributed by atoms with van der Waals surface area (Å²) < 4.78 is 26.9. The molecular weight excluding hydrogens is 477 g/mol. The van der Waals surface area contributed by atoms with Crippen molar-refractivity contribution in [3.63, 3.8) is 0 Å². The number of nitrogens with zero attached hydrogens (tertiary/aromatic N) is 1. The van der Waals surface area contributed by atoms with Crippen LogP contribution in [0.4, 0.5) is 14.5 Å². The van der Waals surface area contributed by atoms with Gasteiger partial charge in [0.2, 0.25) is 5.91 Å². The van der Waals surface area contributed by atoms with Gasteiger partial charge in [0, 0.05) is 23.4 Å². The largest absolute Gasteiger partial charge is 0.357 e. The van der Waals surface area contributed by atoms with E-state index in [2.05, 4.69) is 26.9 Å². The number of benzene rings is 2. The van der Waals surface area contributed by atoms with Crippen LogP contribution in [0, 0.1) is 24.0 Å². The van der Waals surface area contributed by atoms with Crippen LogP contribution in [0.25, 0.3) is 0 Å². The van der Waals surface area contributed by atoms with Crippen LogP contribution >= 0.6 is 24.0 Å². The Morgan fingerprint density at radius 2 is 1.96 bits per heavy atom. The predicted octanol–water partition coefficient (Wildman–Crippen LogP) is 3.26. The maximum atomic E-state index is 13.7. The molecule has 148 valence electrons. The molecule has 1 amide bonds. The van der Waals surface area contributed by atoms with Crippen molar-refractivity contribution in [2.75, 3.05) is 18.4 Å². The predicted molar refractivity (Wildman–Crippen MR) is 118 cm³/mol. The molecule has 0 heterocycles. The first-order valence-corrected chi connectivity index (χ1v) is 8.34. The summed E-state index contributed by atoms with van der Waals surface area (Å²) in [6.45, 7) is 2.27.